The molecule has 0 bridgehead atoms. The summed E-state index contributed by atoms with van der Waals surface area (Å²) in [5, 5.41) is 33.4. The Morgan fingerprint density at radius 3 is 2.10 bits per heavy atom. The number of carboxylic acids is 1. The van der Waals surface area contributed by atoms with Crippen molar-refractivity contribution in [2.75, 3.05) is 0 Å². The second-order valence-electron chi connectivity index (χ2n) is 6.89. The van der Waals surface area contributed by atoms with Crippen molar-refractivity contribution in [2.45, 2.75) is 37.6 Å². The summed E-state index contributed by atoms with van der Waals surface area (Å²) in [6.07, 6.45) is -1.15. The lowest BCUT2D eigenvalue weighted by Crippen LogP contribution is -2.57. The number of carbonyl (C=O) groups excluding carboxylic acids is 2. The third-order valence-corrected chi connectivity index (χ3v) is 4.46. The van der Waals surface area contributed by atoms with Gasteiger partial charge in [-0.05, 0) is 36.6 Å². The van der Waals surface area contributed by atoms with Crippen molar-refractivity contribution >= 4 is 17.8 Å². The Hall–Kier alpha value is -3.43. The molecule has 30 heavy (non-hydrogen) atoms. The summed E-state index contributed by atoms with van der Waals surface area (Å²) < 4.78 is 0. The molecule has 4 atom stereocenters. The number of amides is 2. The Labute approximate surface area is 173 Å². The highest BCUT2D eigenvalue weighted by molar-refractivity contribution is 5.92. The third-order valence-electron chi connectivity index (χ3n) is 4.46. The van der Waals surface area contributed by atoms with Crippen molar-refractivity contribution in [1.82, 2.24) is 10.6 Å². The predicted octanol–water partition coefficient (Wildman–Crippen LogP) is 0.0697. The van der Waals surface area contributed by atoms with Crippen LogP contribution in [0.15, 0.2) is 54.6 Å². The largest absolute Gasteiger partial charge is 0.508 e. The second-order valence-corrected chi connectivity index (χ2v) is 6.89. The summed E-state index contributed by atoms with van der Waals surface area (Å²) in [6.45, 7) is 1.30. The number of aliphatic hydroxyl groups excluding tert-OH is 1. The van der Waals surface area contributed by atoms with Crippen LogP contribution in [0.4, 0.5) is 0 Å². The molecule has 2 amide bonds. The number of aliphatic hydroxyl groups is 1. The number of carboxylic acid groups (broad SMARTS) is 1. The first-order valence-corrected chi connectivity index (χ1v) is 9.29. The molecular formula is C21H25N3O6. The number of benzene rings is 2. The van der Waals surface area contributed by atoms with Crippen LogP contribution in [0, 0.1) is 0 Å². The van der Waals surface area contributed by atoms with Crippen molar-refractivity contribution in [2.24, 2.45) is 5.73 Å². The maximum Gasteiger partial charge on any atom is 0.330 e. The molecule has 160 valence electrons. The highest BCUT2D eigenvalue weighted by atomic mass is 16.4. The van der Waals surface area contributed by atoms with Crippen molar-refractivity contribution < 1.29 is 29.7 Å². The summed E-state index contributed by atoms with van der Waals surface area (Å²) in [4.78, 5) is 36.6. The number of aliphatic carboxylic acids is 1. The van der Waals surface area contributed by atoms with E-state index in [1.807, 2.05) is 0 Å². The minimum Gasteiger partial charge on any atom is -0.508 e. The summed E-state index contributed by atoms with van der Waals surface area (Å²) in [7, 11) is 0. The SMILES string of the molecule is C[C@H](O)[C@@H](NC(=O)[C@@H](N)Cc1ccc(O)cc1)C(=O)N[C@H](C(=O)O)c1ccccc1. The van der Waals surface area contributed by atoms with E-state index in [4.69, 9.17) is 5.73 Å². The van der Waals surface area contributed by atoms with E-state index in [2.05, 4.69) is 10.6 Å². The first-order valence-electron chi connectivity index (χ1n) is 9.29. The van der Waals surface area contributed by atoms with Crippen LogP contribution >= 0.6 is 0 Å². The molecule has 9 heteroatoms. The van der Waals surface area contributed by atoms with Gasteiger partial charge in [0.15, 0.2) is 6.04 Å². The van der Waals surface area contributed by atoms with E-state index in [-0.39, 0.29) is 12.2 Å². The van der Waals surface area contributed by atoms with Crippen LogP contribution in [0.1, 0.15) is 24.1 Å². The van der Waals surface area contributed by atoms with Gasteiger partial charge in [-0.15, -0.1) is 0 Å². The molecule has 0 unspecified atom stereocenters. The summed E-state index contributed by atoms with van der Waals surface area (Å²) in [5.74, 6) is -2.74. The van der Waals surface area contributed by atoms with Crippen molar-refractivity contribution in [3.63, 3.8) is 0 Å². The Morgan fingerprint density at radius 1 is 0.967 bits per heavy atom. The molecule has 0 spiro atoms. The highest BCUT2D eigenvalue weighted by Gasteiger charge is 2.31. The van der Waals surface area contributed by atoms with Gasteiger partial charge in [0, 0.05) is 0 Å². The quantitative estimate of drug-likeness (QED) is 0.338. The van der Waals surface area contributed by atoms with Gasteiger partial charge in [0.1, 0.15) is 11.8 Å². The number of rotatable bonds is 9. The number of hydrogen-bond acceptors (Lipinski definition) is 6. The molecule has 2 aromatic carbocycles. The molecule has 0 heterocycles. The monoisotopic (exact) mass is 415 g/mol. The zero-order valence-corrected chi connectivity index (χ0v) is 16.4. The average Bonchev–Trinajstić information content (AvgIpc) is 2.71. The Kier molecular flexibility index (Phi) is 7.90. The van der Waals surface area contributed by atoms with Gasteiger partial charge in [-0.3, -0.25) is 9.59 Å². The maximum absolute atomic E-state index is 12.6. The van der Waals surface area contributed by atoms with E-state index in [0.29, 0.717) is 11.1 Å². The molecule has 0 aliphatic heterocycles. The van der Waals surface area contributed by atoms with Crippen LogP contribution in [0.3, 0.4) is 0 Å². The molecule has 0 aliphatic carbocycles. The number of phenols is 1. The van der Waals surface area contributed by atoms with Gasteiger partial charge in [-0.1, -0.05) is 42.5 Å². The molecule has 2 aromatic rings. The Morgan fingerprint density at radius 2 is 1.57 bits per heavy atom. The third kappa shape index (κ3) is 6.29. The lowest BCUT2D eigenvalue weighted by molar-refractivity contribution is -0.143. The fourth-order valence-electron chi connectivity index (χ4n) is 2.81. The van der Waals surface area contributed by atoms with E-state index >= 15 is 0 Å². The molecule has 7 N–H and O–H groups in total. The maximum atomic E-state index is 12.6. The first kappa shape index (κ1) is 22.9. The first-order chi connectivity index (χ1) is 14.2. The summed E-state index contributed by atoms with van der Waals surface area (Å²) in [5.41, 5.74) is 6.94. The van der Waals surface area contributed by atoms with Crippen molar-refractivity contribution in [3.05, 3.63) is 65.7 Å². The average molecular weight is 415 g/mol. The van der Waals surface area contributed by atoms with Crippen LogP contribution in [0.5, 0.6) is 5.75 Å². The molecule has 0 aliphatic rings. The minimum absolute atomic E-state index is 0.0778. The van der Waals surface area contributed by atoms with E-state index in [0.717, 1.165) is 0 Å². The van der Waals surface area contributed by atoms with Gasteiger partial charge in [0.25, 0.3) is 0 Å². The molecular weight excluding hydrogens is 390 g/mol. The van der Waals surface area contributed by atoms with E-state index < -0.39 is 42.0 Å². The number of nitrogens with one attached hydrogen (secondary N) is 2. The molecule has 0 aromatic heterocycles. The molecule has 0 saturated heterocycles. The standard InChI is InChI=1S/C21H25N3O6/c1-12(25)17(20(28)24-18(21(29)30)14-5-3-2-4-6-14)23-19(27)16(22)11-13-7-9-15(26)10-8-13/h2-10,12,16-18,25-26H,11,22H2,1H3,(H,23,27)(H,24,28)(H,29,30)/t12-,16-,17+,18-/m0/s1. The number of phenolic OH excluding ortho intramolecular Hbond substituents is 1. The van der Waals surface area contributed by atoms with E-state index in [1.165, 1.54) is 19.1 Å². The second kappa shape index (κ2) is 10.4. The molecule has 0 fully saturated rings. The van der Waals surface area contributed by atoms with Gasteiger partial charge in [0.05, 0.1) is 12.1 Å². The Balaban J connectivity index is 2.06. The lowest BCUT2D eigenvalue weighted by Gasteiger charge is -2.24. The lowest BCUT2D eigenvalue weighted by atomic mass is 10.0. The van der Waals surface area contributed by atoms with Gasteiger partial charge in [-0.25, -0.2) is 4.79 Å². The smallest absolute Gasteiger partial charge is 0.330 e. The molecule has 2 rings (SSSR count). The zero-order valence-electron chi connectivity index (χ0n) is 16.4. The van der Waals surface area contributed by atoms with Gasteiger partial charge in [-0.2, -0.15) is 0 Å². The summed E-state index contributed by atoms with van der Waals surface area (Å²) in [6, 6.07) is 10.4. The van der Waals surface area contributed by atoms with Crippen LogP contribution < -0.4 is 16.4 Å². The van der Waals surface area contributed by atoms with E-state index in [1.54, 1.807) is 42.5 Å². The van der Waals surface area contributed by atoms with E-state index in [9.17, 15) is 29.7 Å². The van der Waals surface area contributed by atoms with Gasteiger partial charge < -0.3 is 31.7 Å². The number of carbonyl (C=O) groups is 3. The topological polar surface area (TPSA) is 162 Å². The molecule has 0 saturated carbocycles. The number of nitrogens with two attached hydrogens (primary N) is 1. The van der Waals surface area contributed by atoms with Crippen LogP contribution in [0.25, 0.3) is 0 Å². The van der Waals surface area contributed by atoms with Crippen LogP contribution in [-0.2, 0) is 20.8 Å². The number of aromatic hydroxyl groups is 1. The fraction of sp³-hybridized carbons (Fsp3) is 0.286. The van der Waals surface area contributed by atoms with Gasteiger partial charge >= 0.3 is 5.97 Å². The molecule has 0 radical (unpaired) electrons. The van der Waals surface area contributed by atoms with Crippen molar-refractivity contribution in [3.8, 4) is 5.75 Å². The molecule has 9 nitrogen and oxygen atoms in total. The fourth-order valence-corrected chi connectivity index (χ4v) is 2.81. The number of hydrogen-bond donors (Lipinski definition) is 6. The van der Waals surface area contributed by atoms with Crippen LogP contribution in [-0.4, -0.2) is 51.3 Å². The summed E-state index contributed by atoms with van der Waals surface area (Å²) >= 11 is 0. The minimum atomic E-state index is -1.39. The highest BCUT2D eigenvalue weighted by Crippen LogP contribution is 2.14. The normalized spacial score (nSPS) is 14.8. The van der Waals surface area contributed by atoms with Crippen LogP contribution in [0.2, 0.25) is 0 Å². The zero-order chi connectivity index (χ0) is 22.3. The predicted molar refractivity (Wildman–Crippen MR) is 108 cm³/mol. The van der Waals surface area contributed by atoms with Crippen molar-refractivity contribution in [1.29, 1.82) is 0 Å². The van der Waals surface area contributed by atoms with Gasteiger partial charge in [0.2, 0.25) is 11.8 Å². The Bertz CT molecular complexity index is 870.